The van der Waals surface area contributed by atoms with Gasteiger partial charge in [-0.2, -0.15) is 10.0 Å². The molecule has 0 saturated carbocycles. The lowest BCUT2D eigenvalue weighted by molar-refractivity contribution is -0.130. The molecule has 2 aliphatic rings. The minimum atomic E-state index is -0.488. The van der Waals surface area contributed by atoms with Crippen LogP contribution in [0.25, 0.3) is 0 Å². The number of hydrogen-bond acceptors (Lipinski definition) is 4. The zero-order chi connectivity index (χ0) is 19.8. The Labute approximate surface area is 182 Å². The third-order valence-corrected chi connectivity index (χ3v) is 6.57. The van der Waals surface area contributed by atoms with E-state index in [-0.39, 0.29) is 5.91 Å². The van der Waals surface area contributed by atoms with Crippen molar-refractivity contribution in [2.75, 3.05) is 0 Å². The molecule has 2 heterocycles. The van der Waals surface area contributed by atoms with E-state index in [1.165, 1.54) is 11.8 Å². The summed E-state index contributed by atoms with van der Waals surface area (Å²) in [7, 11) is 0. The molecule has 0 aliphatic carbocycles. The molecule has 144 valence electrons. The van der Waals surface area contributed by atoms with Crippen LogP contribution in [-0.4, -0.2) is 27.1 Å². The molecule has 0 saturated heterocycles. The average Bonchev–Trinajstić information content (AvgIpc) is 3.02. The van der Waals surface area contributed by atoms with Gasteiger partial charge in [0.05, 0.1) is 0 Å². The second-order valence-electron chi connectivity index (χ2n) is 6.57. The third kappa shape index (κ3) is 3.82. The molecule has 1 unspecified atom stereocenters. The normalized spacial score (nSPS) is 19.5. The Morgan fingerprint density at radius 1 is 1.07 bits per heavy atom. The molecule has 28 heavy (non-hydrogen) atoms. The number of hydrogen-bond donors (Lipinski definition) is 0. The summed E-state index contributed by atoms with van der Waals surface area (Å²) in [5.74, 6) is -0.188. The van der Waals surface area contributed by atoms with Crippen molar-refractivity contribution in [1.82, 2.24) is 10.0 Å². The van der Waals surface area contributed by atoms with E-state index in [0.29, 0.717) is 33.2 Å². The van der Waals surface area contributed by atoms with E-state index < -0.39 is 6.04 Å². The van der Waals surface area contributed by atoms with Crippen LogP contribution in [0, 0.1) is 0 Å². The molecule has 0 bridgehead atoms. The van der Waals surface area contributed by atoms with E-state index in [4.69, 9.17) is 34.8 Å². The number of rotatable bonds is 4. The van der Waals surface area contributed by atoms with Gasteiger partial charge in [0.2, 0.25) is 0 Å². The minimum Gasteiger partial charge on any atom is -0.271 e. The molecule has 0 spiro atoms. The highest BCUT2D eigenvalue weighted by molar-refractivity contribution is 8.16. The van der Waals surface area contributed by atoms with Gasteiger partial charge < -0.3 is 0 Å². The van der Waals surface area contributed by atoms with E-state index in [1.807, 2.05) is 52.7 Å². The molecule has 1 atom stereocenters. The molecular formula is C20H16Cl3N3OS. The van der Waals surface area contributed by atoms with Gasteiger partial charge in [0, 0.05) is 33.7 Å². The number of aliphatic imine (C=N–C) groups is 1. The van der Waals surface area contributed by atoms with Gasteiger partial charge in [0.15, 0.2) is 5.17 Å². The predicted octanol–water partition coefficient (Wildman–Crippen LogP) is 5.78. The van der Waals surface area contributed by atoms with Crippen LogP contribution in [0.15, 0.2) is 58.6 Å². The van der Waals surface area contributed by atoms with Crippen molar-refractivity contribution >= 4 is 57.6 Å². The Morgan fingerprint density at radius 3 is 2.61 bits per heavy atom. The molecule has 1 amide bonds. The number of fused-ring (bicyclic) bond motifs is 1. The highest BCUT2D eigenvalue weighted by Crippen LogP contribution is 2.35. The minimum absolute atomic E-state index is 0.188. The van der Waals surface area contributed by atoms with Crippen molar-refractivity contribution in [3.8, 4) is 0 Å². The Morgan fingerprint density at radius 2 is 1.86 bits per heavy atom. The number of carbonyl (C=O) groups is 1. The molecule has 0 fully saturated rings. The number of amidine groups is 1. The lowest BCUT2D eigenvalue weighted by atomic mass is 10.0. The van der Waals surface area contributed by atoms with Gasteiger partial charge in [-0.1, -0.05) is 70.8 Å². The number of amides is 1. The van der Waals surface area contributed by atoms with Crippen LogP contribution < -0.4 is 0 Å². The maximum absolute atomic E-state index is 12.9. The first kappa shape index (κ1) is 19.8. The summed E-state index contributed by atoms with van der Waals surface area (Å²) in [4.78, 5) is 17.2. The van der Waals surface area contributed by atoms with Crippen molar-refractivity contribution in [1.29, 1.82) is 0 Å². The first-order valence-corrected chi connectivity index (χ1v) is 10.7. The number of allylic oxidation sites excluding steroid dienone is 1. The van der Waals surface area contributed by atoms with Gasteiger partial charge >= 0.3 is 0 Å². The van der Waals surface area contributed by atoms with Crippen molar-refractivity contribution < 1.29 is 4.79 Å². The topological polar surface area (TPSA) is 35.9 Å². The van der Waals surface area contributed by atoms with Crippen LogP contribution in [0.3, 0.4) is 0 Å². The largest absolute Gasteiger partial charge is 0.271 e. The number of hydrazine groups is 1. The van der Waals surface area contributed by atoms with Crippen LogP contribution in [0.4, 0.5) is 0 Å². The standard InChI is InChI=1S/C20H16Cl3N3OS/c1-12-11-28-20-24-19(27)18(8-13-4-2-3-5-16(13)22)25(26(12)20)10-14-6-7-15(21)9-17(14)23/h2-7,9,11,18H,8,10H2,1H3. The Balaban J connectivity index is 1.72. The fourth-order valence-electron chi connectivity index (χ4n) is 3.28. The smallest absolute Gasteiger partial charge is 0.267 e. The van der Waals surface area contributed by atoms with Crippen LogP contribution >= 0.6 is 46.6 Å². The van der Waals surface area contributed by atoms with Crippen LogP contribution in [0.1, 0.15) is 18.1 Å². The van der Waals surface area contributed by atoms with Crippen molar-refractivity contribution in [3.05, 3.63) is 79.8 Å². The van der Waals surface area contributed by atoms with Gasteiger partial charge in [-0.15, -0.1) is 0 Å². The summed E-state index contributed by atoms with van der Waals surface area (Å²) in [5, 5.41) is 8.41. The Hall–Kier alpha value is -1.50. The van der Waals surface area contributed by atoms with E-state index in [0.717, 1.165) is 16.8 Å². The molecule has 2 aromatic carbocycles. The summed E-state index contributed by atoms with van der Waals surface area (Å²) < 4.78 is 0. The maximum Gasteiger partial charge on any atom is 0.267 e. The molecule has 4 nitrogen and oxygen atoms in total. The van der Waals surface area contributed by atoms with Crippen LogP contribution in [-0.2, 0) is 17.8 Å². The zero-order valence-corrected chi connectivity index (χ0v) is 18.0. The molecule has 4 rings (SSSR count). The first-order valence-electron chi connectivity index (χ1n) is 8.64. The van der Waals surface area contributed by atoms with Gasteiger partial charge in [-0.3, -0.25) is 9.80 Å². The Kier molecular flexibility index (Phi) is 5.72. The summed E-state index contributed by atoms with van der Waals surface area (Å²) in [6.45, 7) is 2.44. The zero-order valence-electron chi connectivity index (χ0n) is 14.9. The SMILES string of the molecule is CC1=CSC2=NC(=O)C(Cc3ccccc3Cl)N(Cc3ccc(Cl)cc3Cl)N12. The number of benzene rings is 2. The highest BCUT2D eigenvalue weighted by atomic mass is 35.5. The van der Waals surface area contributed by atoms with Gasteiger partial charge in [-0.05, 0) is 41.7 Å². The van der Waals surface area contributed by atoms with Gasteiger partial charge in [0.25, 0.3) is 5.91 Å². The highest BCUT2D eigenvalue weighted by Gasteiger charge is 2.40. The molecule has 0 N–H and O–H groups in total. The van der Waals surface area contributed by atoms with Crippen LogP contribution in [0.5, 0.6) is 0 Å². The second kappa shape index (κ2) is 8.09. The maximum atomic E-state index is 12.9. The number of carbonyl (C=O) groups excluding carboxylic acids is 1. The number of thioether (sulfide) groups is 1. The number of nitrogens with zero attached hydrogens (tertiary/aromatic N) is 3. The molecule has 0 aromatic heterocycles. The quantitative estimate of drug-likeness (QED) is 0.589. The van der Waals surface area contributed by atoms with Gasteiger partial charge in [-0.25, -0.2) is 0 Å². The monoisotopic (exact) mass is 451 g/mol. The third-order valence-electron chi connectivity index (χ3n) is 4.68. The van der Waals surface area contributed by atoms with Gasteiger partial charge in [0.1, 0.15) is 6.04 Å². The lowest BCUT2D eigenvalue weighted by Gasteiger charge is -2.41. The fraction of sp³-hybridized carbons (Fsp3) is 0.200. The van der Waals surface area contributed by atoms with E-state index in [2.05, 4.69) is 4.99 Å². The number of halogens is 3. The summed E-state index contributed by atoms with van der Waals surface area (Å²) in [6, 6.07) is 12.5. The van der Waals surface area contributed by atoms with Crippen molar-refractivity contribution in [2.24, 2.45) is 4.99 Å². The average molecular weight is 453 g/mol. The van der Waals surface area contributed by atoms with Crippen molar-refractivity contribution in [2.45, 2.75) is 25.9 Å². The van der Waals surface area contributed by atoms with Crippen LogP contribution in [0.2, 0.25) is 15.1 Å². The molecule has 0 radical (unpaired) electrons. The summed E-state index contributed by atoms with van der Waals surface area (Å²) >= 11 is 20.2. The fourth-order valence-corrected chi connectivity index (χ4v) is 4.83. The summed E-state index contributed by atoms with van der Waals surface area (Å²) in [5.41, 5.74) is 2.79. The predicted molar refractivity (Wildman–Crippen MR) is 117 cm³/mol. The molecule has 8 heteroatoms. The first-order chi connectivity index (χ1) is 13.4. The molecule has 2 aromatic rings. The van der Waals surface area contributed by atoms with E-state index in [9.17, 15) is 4.79 Å². The second-order valence-corrected chi connectivity index (χ2v) is 8.65. The lowest BCUT2D eigenvalue weighted by Crippen LogP contribution is -2.55. The van der Waals surface area contributed by atoms with E-state index >= 15 is 0 Å². The van der Waals surface area contributed by atoms with Crippen molar-refractivity contribution in [3.63, 3.8) is 0 Å². The molecular weight excluding hydrogens is 437 g/mol. The van der Waals surface area contributed by atoms with E-state index in [1.54, 1.807) is 12.1 Å². The Bertz CT molecular complexity index is 1010. The summed E-state index contributed by atoms with van der Waals surface area (Å²) in [6.07, 6.45) is 0.453. The molecule has 2 aliphatic heterocycles.